The third kappa shape index (κ3) is 5.94. The smallest absolute Gasteiger partial charge is 0.324 e. The van der Waals surface area contributed by atoms with E-state index in [9.17, 15) is 36.6 Å². The van der Waals surface area contributed by atoms with Crippen LogP contribution in [0.5, 0.6) is 11.5 Å². The van der Waals surface area contributed by atoms with Crippen molar-refractivity contribution in [2.24, 2.45) is 0 Å². The van der Waals surface area contributed by atoms with E-state index in [1.54, 1.807) is 0 Å². The van der Waals surface area contributed by atoms with Crippen molar-refractivity contribution in [2.75, 3.05) is 35.9 Å². The maximum absolute atomic E-state index is 13.7. The van der Waals surface area contributed by atoms with E-state index >= 15 is 0 Å². The second kappa shape index (κ2) is 12.0. The fourth-order valence-electron chi connectivity index (χ4n) is 4.31. The summed E-state index contributed by atoms with van der Waals surface area (Å²) in [5.74, 6) is -2.08. The Hall–Kier alpha value is -4.82. The average molecular weight is 615 g/mol. The zero-order valence-electron chi connectivity index (χ0n) is 22.4. The fraction of sp³-hybridized carbons (Fsp3) is 0.143. The highest BCUT2D eigenvalue weighted by atomic mass is 32.2. The van der Waals surface area contributed by atoms with E-state index in [1.165, 1.54) is 99.1 Å². The second-order valence-corrected chi connectivity index (χ2v) is 12.5. The second-order valence-electron chi connectivity index (χ2n) is 8.81. The zero-order chi connectivity index (χ0) is 30.7. The lowest BCUT2D eigenvalue weighted by Gasteiger charge is -2.27. The molecule has 0 saturated heterocycles. The van der Waals surface area contributed by atoms with Crippen molar-refractivity contribution in [3.63, 3.8) is 0 Å². The number of benzene rings is 4. The predicted molar refractivity (Wildman–Crippen MR) is 154 cm³/mol. The van der Waals surface area contributed by atoms with Gasteiger partial charge < -0.3 is 19.7 Å². The van der Waals surface area contributed by atoms with Crippen molar-refractivity contribution in [3.05, 3.63) is 84.9 Å². The van der Waals surface area contributed by atoms with E-state index in [4.69, 9.17) is 9.47 Å². The summed E-state index contributed by atoms with van der Waals surface area (Å²) in [6.45, 7) is -1.89. The van der Waals surface area contributed by atoms with Crippen LogP contribution in [0.3, 0.4) is 0 Å². The summed E-state index contributed by atoms with van der Waals surface area (Å²) in [6, 6.07) is 19.4. The van der Waals surface area contributed by atoms with Crippen LogP contribution in [0.15, 0.2) is 94.7 Å². The summed E-state index contributed by atoms with van der Waals surface area (Å²) >= 11 is 0. The van der Waals surface area contributed by atoms with Crippen molar-refractivity contribution in [1.82, 2.24) is 0 Å². The number of methoxy groups -OCH3 is 2. The minimum atomic E-state index is -4.44. The summed E-state index contributed by atoms with van der Waals surface area (Å²) in [5.41, 5.74) is -0.102. The van der Waals surface area contributed by atoms with E-state index in [0.717, 1.165) is 0 Å². The van der Waals surface area contributed by atoms with Crippen molar-refractivity contribution in [2.45, 2.75) is 9.79 Å². The molecule has 0 fully saturated rings. The molecule has 4 aromatic rings. The first-order valence-corrected chi connectivity index (χ1v) is 15.1. The molecule has 0 aliphatic carbocycles. The van der Waals surface area contributed by atoms with Crippen LogP contribution >= 0.6 is 0 Å². The normalized spacial score (nSPS) is 11.6. The molecule has 4 rings (SSSR count). The van der Waals surface area contributed by atoms with Crippen molar-refractivity contribution < 1.29 is 46.1 Å². The number of fused-ring (bicyclic) bond motifs is 1. The molecule has 4 aromatic carbocycles. The Bertz CT molecular complexity index is 1700. The maximum Gasteiger partial charge on any atom is 0.324 e. The molecule has 220 valence electrons. The summed E-state index contributed by atoms with van der Waals surface area (Å²) in [4.78, 5) is 23.3. The number of sulfonamides is 2. The highest BCUT2D eigenvalue weighted by Gasteiger charge is 2.31. The molecule has 0 spiro atoms. The molecule has 0 unspecified atom stereocenters. The van der Waals surface area contributed by atoms with Gasteiger partial charge in [-0.15, -0.1) is 0 Å². The molecular formula is C28H26N2O10S2. The Labute approximate surface area is 242 Å². The van der Waals surface area contributed by atoms with Gasteiger partial charge in [-0.05, 0) is 60.7 Å². The van der Waals surface area contributed by atoms with Crippen LogP contribution in [0.1, 0.15) is 0 Å². The van der Waals surface area contributed by atoms with Gasteiger partial charge in [0.2, 0.25) is 0 Å². The van der Waals surface area contributed by atoms with Gasteiger partial charge in [0.25, 0.3) is 20.0 Å². The number of rotatable bonds is 12. The highest BCUT2D eigenvalue weighted by molar-refractivity contribution is 7.93. The standard InChI is InChI=1S/C28H26N2O10S2/c1-39-19-9-13-21(14-10-19)41(35,36)29(17-27(31)32)25-7-3-6-24-23(25)5-4-8-26(24)30(18-28(33)34)42(37,38)22-15-11-20(40-2)12-16-22/h3-16H,17-18H2,1-2H3,(H,31,32)(H,33,34). The average Bonchev–Trinajstić information content (AvgIpc) is 2.98. The van der Waals surface area contributed by atoms with E-state index in [0.29, 0.717) is 20.1 Å². The molecule has 0 bridgehead atoms. The molecule has 0 aliphatic rings. The number of ether oxygens (including phenoxy) is 2. The number of carboxylic acid groups (broad SMARTS) is 2. The third-order valence-electron chi connectivity index (χ3n) is 6.27. The van der Waals surface area contributed by atoms with Gasteiger partial charge in [-0.3, -0.25) is 18.2 Å². The van der Waals surface area contributed by atoms with E-state index in [2.05, 4.69) is 0 Å². The number of hydrogen-bond donors (Lipinski definition) is 2. The fourth-order valence-corrected chi connectivity index (χ4v) is 7.17. The van der Waals surface area contributed by atoms with Crippen LogP contribution in [-0.2, 0) is 29.6 Å². The molecule has 14 heteroatoms. The van der Waals surface area contributed by atoms with Crippen molar-refractivity contribution in [3.8, 4) is 11.5 Å². The molecular weight excluding hydrogens is 588 g/mol. The van der Waals surface area contributed by atoms with Crippen molar-refractivity contribution in [1.29, 1.82) is 0 Å². The molecule has 42 heavy (non-hydrogen) atoms. The number of carbonyl (C=O) groups is 2. The molecule has 0 radical (unpaired) electrons. The van der Waals surface area contributed by atoms with E-state index in [-0.39, 0.29) is 31.9 Å². The topological polar surface area (TPSA) is 168 Å². The minimum Gasteiger partial charge on any atom is -0.497 e. The summed E-state index contributed by atoms with van der Waals surface area (Å²) in [6.07, 6.45) is 0. The van der Waals surface area contributed by atoms with Crippen molar-refractivity contribution >= 4 is 54.1 Å². The summed E-state index contributed by atoms with van der Waals surface area (Å²) < 4.78 is 66.4. The molecule has 0 aromatic heterocycles. The molecule has 12 nitrogen and oxygen atoms in total. The predicted octanol–water partition coefficient (Wildman–Crippen LogP) is 3.42. The van der Waals surface area contributed by atoms with Crippen LogP contribution in [0.25, 0.3) is 10.8 Å². The molecule has 0 aliphatic heterocycles. The van der Waals surface area contributed by atoms with Gasteiger partial charge in [-0.25, -0.2) is 16.8 Å². The van der Waals surface area contributed by atoms with Gasteiger partial charge in [0.05, 0.1) is 35.4 Å². The van der Waals surface area contributed by atoms with Crippen LogP contribution < -0.4 is 18.1 Å². The van der Waals surface area contributed by atoms with Crippen LogP contribution in [0.4, 0.5) is 11.4 Å². The molecule has 0 heterocycles. The first-order chi connectivity index (χ1) is 19.9. The Morgan fingerprint density at radius 1 is 0.595 bits per heavy atom. The maximum atomic E-state index is 13.7. The molecule has 2 N–H and O–H groups in total. The minimum absolute atomic E-state index is 0.0512. The Morgan fingerprint density at radius 3 is 1.21 bits per heavy atom. The van der Waals surface area contributed by atoms with E-state index < -0.39 is 45.1 Å². The monoisotopic (exact) mass is 614 g/mol. The van der Waals surface area contributed by atoms with Gasteiger partial charge >= 0.3 is 11.9 Å². The number of aliphatic carboxylic acids is 2. The zero-order valence-corrected chi connectivity index (χ0v) is 24.0. The molecule has 0 amide bonds. The molecule has 0 atom stereocenters. The lowest BCUT2D eigenvalue weighted by Crippen LogP contribution is -2.36. The van der Waals surface area contributed by atoms with Gasteiger partial charge in [-0.2, -0.15) is 0 Å². The van der Waals surface area contributed by atoms with E-state index in [1.807, 2.05) is 0 Å². The first kappa shape index (κ1) is 30.1. The summed E-state index contributed by atoms with van der Waals surface area (Å²) in [5, 5.41) is 19.6. The quantitative estimate of drug-likeness (QED) is 0.241. The number of carboxylic acids is 2. The highest BCUT2D eigenvalue weighted by Crippen LogP contribution is 2.37. The largest absolute Gasteiger partial charge is 0.497 e. The first-order valence-electron chi connectivity index (χ1n) is 12.2. The third-order valence-corrected chi connectivity index (χ3v) is 9.81. The Morgan fingerprint density at radius 2 is 0.929 bits per heavy atom. The molecule has 0 saturated carbocycles. The number of nitrogens with zero attached hydrogens (tertiary/aromatic N) is 2. The van der Waals surface area contributed by atoms with Gasteiger partial charge in [0.15, 0.2) is 0 Å². The van der Waals surface area contributed by atoms with Gasteiger partial charge in [-0.1, -0.05) is 24.3 Å². The summed E-state index contributed by atoms with van der Waals surface area (Å²) in [7, 11) is -6.05. The van der Waals surface area contributed by atoms with Gasteiger partial charge in [0, 0.05) is 10.8 Å². The van der Waals surface area contributed by atoms with Crippen LogP contribution in [0.2, 0.25) is 0 Å². The lowest BCUT2D eigenvalue weighted by molar-refractivity contribution is -0.136. The van der Waals surface area contributed by atoms with Gasteiger partial charge in [0.1, 0.15) is 24.6 Å². The number of hydrogen-bond acceptors (Lipinski definition) is 8. The lowest BCUT2D eigenvalue weighted by atomic mass is 10.1. The Kier molecular flexibility index (Phi) is 8.59. The van der Waals surface area contributed by atoms with Crippen LogP contribution in [0, 0.1) is 0 Å². The SMILES string of the molecule is COc1ccc(S(=O)(=O)N(CC(=O)O)c2cccc3c(N(CC(=O)O)S(=O)(=O)c4ccc(OC)cc4)cccc23)cc1. The number of anilines is 2. The Balaban J connectivity index is 1.92. The van der Waals surface area contributed by atoms with Crippen LogP contribution in [-0.4, -0.2) is 66.3 Å².